The highest BCUT2D eigenvalue weighted by Crippen LogP contribution is 2.27. The Hall–Kier alpha value is -2.54. The molecule has 1 aromatic heterocycles. The zero-order valence-corrected chi connectivity index (χ0v) is 16.3. The molecule has 0 spiro atoms. The second kappa shape index (κ2) is 8.53. The topological polar surface area (TPSA) is 4.93 Å². The van der Waals surface area contributed by atoms with Crippen LogP contribution in [0.4, 0.5) is 0 Å². The summed E-state index contributed by atoms with van der Waals surface area (Å²) in [6.45, 7) is 10.4. The van der Waals surface area contributed by atoms with Crippen molar-refractivity contribution < 1.29 is 0 Å². The van der Waals surface area contributed by atoms with E-state index in [2.05, 4.69) is 99.1 Å². The van der Waals surface area contributed by atoms with E-state index in [4.69, 9.17) is 0 Å². The van der Waals surface area contributed by atoms with E-state index in [-0.39, 0.29) is 0 Å². The molecule has 0 unspecified atom stereocenters. The highest BCUT2D eigenvalue weighted by molar-refractivity contribution is 6.07. The smallest absolute Gasteiger partial charge is 0.0488 e. The minimum absolute atomic E-state index is 1.30. The molecule has 4 aromatic rings. The fourth-order valence-electron chi connectivity index (χ4n) is 3.32. The molecular weight excluding hydrogens is 302 g/mol. The Bertz CT molecular complexity index is 857. The van der Waals surface area contributed by atoms with Crippen molar-refractivity contribution in [3.8, 4) is 0 Å². The lowest BCUT2D eigenvalue weighted by atomic mass is 10.1. The van der Waals surface area contributed by atoms with Gasteiger partial charge in [-0.2, -0.15) is 0 Å². The first-order valence-electron chi connectivity index (χ1n) is 9.03. The Morgan fingerprint density at radius 2 is 0.880 bits per heavy atom. The van der Waals surface area contributed by atoms with Gasteiger partial charge in [0.05, 0.1) is 0 Å². The molecule has 0 amide bonds. The molecule has 0 aliphatic heterocycles. The molecule has 0 aliphatic carbocycles. The molecule has 1 heterocycles. The Labute approximate surface area is 151 Å². The van der Waals surface area contributed by atoms with Gasteiger partial charge >= 0.3 is 0 Å². The summed E-state index contributed by atoms with van der Waals surface area (Å²) in [6, 6.07) is 23.6. The molecule has 0 saturated heterocycles. The van der Waals surface area contributed by atoms with Crippen molar-refractivity contribution >= 4 is 21.8 Å². The molecule has 3 aromatic carbocycles. The van der Waals surface area contributed by atoms with Gasteiger partial charge in [-0.3, -0.25) is 0 Å². The number of rotatable bonds is 0. The van der Waals surface area contributed by atoms with E-state index in [1.807, 2.05) is 13.8 Å². The average molecular weight is 332 g/mol. The van der Waals surface area contributed by atoms with Gasteiger partial charge in [-0.15, -0.1) is 0 Å². The molecule has 1 nitrogen and oxygen atoms in total. The molecule has 0 N–H and O–H groups in total. The molecule has 0 radical (unpaired) electrons. The molecule has 0 atom stereocenters. The minimum Gasteiger partial charge on any atom is -0.344 e. The standard InChI is InChI=1S/C13H11N.C9H12.C2H6/c1-14-12-8-4-2-6-10(12)11-7-3-5-9-13(11)14;1-7-4-8(2)6-9(3)5-7;1-2/h2-9H,1H3;4-6H,1-3H3;1-2H3. The van der Waals surface area contributed by atoms with Crippen LogP contribution in [0.15, 0.2) is 66.7 Å². The third-order valence-electron chi connectivity index (χ3n) is 4.19. The van der Waals surface area contributed by atoms with Crippen molar-refractivity contribution in [1.82, 2.24) is 4.57 Å². The van der Waals surface area contributed by atoms with Crippen LogP contribution in [0, 0.1) is 20.8 Å². The van der Waals surface area contributed by atoms with Crippen molar-refractivity contribution in [2.24, 2.45) is 7.05 Å². The van der Waals surface area contributed by atoms with E-state index in [0.717, 1.165) is 0 Å². The largest absolute Gasteiger partial charge is 0.344 e. The molecule has 0 aliphatic rings. The van der Waals surface area contributed by atoms with Gasteiger partial charge in [0.1, 0.15) is 0 Å². The summed E-state index contributed by atoms with van der Waals surface area (Å²) < 4.78 is 2.24. The summed E-state index contributed by atoms with van der Waals surface area (Å²) in [7, 11) is 2.12. The molecule has 0 bridgehead atoms. The second-order valence-electron chi connectivity index (χ2n) is 6.26. The van der Waals surface area contributed by atoms with Crippen LogP contribution < -0.4 is 0 Å². The van der Waals surface area contributed by atoms with Crippen LogP contribution >= 0.6 is 0 Å². The Kier molecular flexibility index (Phi) is 6.41. The number of nitrogens with zero attached hydrogens (tertiary/aromatic N) is 1. The average Bonchev–Trinajstić information content (AvgIpc) is 2.90. The van der Waals surface area contributed by atoms with Crippen molar-refractivity contribution in [2.45, 2.75) is 34.6 Å². The maximum atomic E-state index is 2.24. The predicted molar refractivity (Wildman–Crippen MR) is 112 cm³/mol. The van der Waals surface area contributed by atoms with Gasteiger partial charge in [-0.05, 0) is 32.9 Å². The van der Waals surface area contributed by atoms with Gasteiger partial charge in [-0.25, -0.2) is 0 Å². The van der Waals surface area contributed by atoms with E-state index >= 15 is 0 Å². The first-order valence-corrected chi connectivity index (χ1v) is 9.03. The fourth-order valence-corrected chi connectivity index (χ4v) is 3.32. The molecular formula is C24H29N. The van der Waals surface area contributed by atoms with Crippen LogP contribution in [-0.4, -0.2) is 4.57 Å². The van der Waals surface area contributed by atoms with Crippen molar-refractivity contribution in [3.05, 3.63) is 83.4 Å². The molecule has 130 valence electrons. The Morgan fingerprint density at radius 3 is 1.24 bits per heavy atom. The first kappa shape index (κ1) is 18.8. The van der Waals surface area contributed by atoms with Crippen LogP contribution in [0.3, 0.4) is 0 Å². The lowest BCUT2D eigenvalue weighted by molar-refractivity contribution is 1.01. The summed E-state index contributed by atoms with van der Waals surface area (Å²) in [5.74, 6) is 0. The van der Waals surface area contributed by atoms with Crippen LogP contribution in [0.2, 0.25) is 0 Å². The third kappa shape index (κ3) is 4.30. The quantitative estimate of drug-likeness (QED) is 0.328. The zero-order valence-electron chi connectivity index (χ0n) is 16.3. The molecule has 25 heavy (non-hydrogen) atoms. The SMILES string of the molecule is CC.Cc1cc(C)cc(C)c1.Cn1c2ccccc2c2ccccc21. The maximum Gasteiger partial charge on any atom is 0.0488 e. The third-order valence-corrected chi connectivity index (χ3v) is 4.19. The number of aromatic nitrogens is 1. The number of para-hydroxylation sites is 2. The summed E-state index contributed by atoms with van der Waals surface area (Å²) >= 11 is 0. The minimum atomic E-state index is 1.30. The highest BCUT2D eigenvalue weighted by atomic mass is 14.9. The van der Waals surface area contributed by atoms with Crippen LogP contribution in [-0.2, 0) is 7.05 Å². The van der Waals surface area contributed by atoms with Crippen LogP contribution in [0.1, 0.15) is 30.5 Å². The normalized spacial score (nSPS) is 10.0. The van der Waals surface area contributed by atoms with Crippen LogP contribution in [0.25, 0.3) is 21.8 Å². The monoisotopic (exact) mass is 331 g/mol. The number of hydrogen-bond acceptors (Lipinski definition) is 0. The zero-order chi connectivity index (χ0) is 18.4. The van der Waals surface area contributed by atoms with Crippen molar-refractivity contribution in [1.29, 1.82) is 0 Å². The Morgan fingerprint density at radius 1 is 0.560 bits per heavy atom. The summed E-state index contributed by atoms with van der Waals surface area (Å²) in [6.07, 6.45) is 0. The van der Waals surface area contributed by atoms with Gasteiger partial charge in [0.25, 0.3) is 0 Å². The summed E-state index contributed by atoms with van der Waals surface area (Å²) in [5, 5.41) is 2.68. The maximum absolute atomic E-state index is 2.24. The van der Waals surface area contributed by atoms with Gasteiger partial charge < -0.3 is 4.57 Å². The second-order valence-corrected chi connectivity index (χ2v) is 6.26. The van der Waals surface area contributed by atoms with E-state index in [9.17, 15) is 0 Å². The van der Waals surface area contributed by atoms with E-state index in [1.165, 1.54) is 38.5 Å². The summed E-state index contributed by atoms with van der Waals surface area (Å²) in [4.78, 5) is 0. The molecule has 0 fully saturated rings. The summed E-state index contributed by atoms with van der Waals surface area (Å²) in [5.41, 5.74) is 6.66. The predicted octanol–water partition coefficient (Wildman–Crippen LogP) is 6.97. The molecule has 4 rings (SSSR count). The number of fused-ring (bicyclic) bond motifs is 3. The van der Waals surface area contributed by atoms with Gasteiger partial charge in [0.2, 0.25) is 0 Å². The number of benzene rings is 3. The van der Waals surface area contributed by atoms with E-state index < -0.39 is 0 Å². The molecule has 1 heteroatoms. The van der Waals surface area contributed by atoms with Gasteiger partial charge in [0.15, 0.2) is 0 Å². The Balaban J connectivity index is 0.000000179. The van der Waals surface area contributed by atoms with Crippen LogP contribution in [0.5, 0.6) is 0 Å². The van der Waals surface area contributed by atoms with Crippen molar-refractivity contribution in [3.63, 3.8) is 0 Å². The number of aryl methyl sites for hydroxylation is 4. The van der Waals surface area contributed by atoms with E-state index in [1.54, 1.807) is 0 Å². The first-order chi connectivity index (χ1) is 12.1. The lowest BCUT2D eigenvalue weighted by Gasteiger charge is -1.96. The highest BCUT2D eigenvalue weighted by Gasteiger charge is 2.04. The van der Waals surface area contributed by atoms with Crippen molar-refractivity contribution in [2.75, 3.05) is 0 Å². The van der Waals surface area contributed by atoms with E-state index in [0.29, 0.717) is 0 Å². The number of hydrogen-bond donors (Lipinski definition) is 0. The van der Waals surface area contributed by atoms with Gasteiger partial charge in [0, 0.05) is 28.9 Å². The van der Waals surface area contributed by atoms with Gasteiger partial charge in [-0.1, -0.05) is 85.1 Å². The fraction of sp³-hybridized carbons (Fsp3) is 0.250. The lowest BCUT2D eigenvalue weighted by Crippen LogP contribution is -1.84. The molecule has 0 saturated carbocycles.